The maximum absolute atomic E-state index is 11.6. The lowest BCUT2D eigenvalue weighted by Crippen LogP contribution is -2.46. The first-order chi connectivity index (χ1) is 6.88. The summed E-state index contributed by atoms with van der Waals surface area (Å²) in [7, 11) is 1.55. The minimum absolute atomic E-state index is 0.000810. The third kappa shape index (κ3) is 5.15. The summed E-state index contributed by atoms with van der Waals surface area (Å²) in [6.45, 7) is 4.79. The zero-order chi connectivity index (χ0) is 12.0. The summed E-state index contributed by atoms with van der Waals surface area (Å²) in [5.41, 5.74) is 0. The molecule has 0 aromatic carbocycles. The zero-order valence-corrected chi connectivity index (χ0v) is 9.66. The highest BCUT2D eigenvalue weighted by atomic mass is 16.2. The van der Waals surface area contributed by atoms with E-state index in [1.807, 2.05) is 0 Å². The number of amides is 2. The van der Waals surface area contributed by atoms with Crippen LogP contribution < -0.4 is 5.32 Å². The van der Waals surface area contributed by atoms with Crippen LogP contribution in [0.25, 0.3) is 0 Å². The van der Waals surface area contributed by atoms with Gasteiger partial charge in [0.05, 0.1) is 6.54 Å². The van der Waals surface area contributed by atoms with Crippen LogP contribution in [0.2, 0.25) is 0 Å². The van der Waals surface area contributed by atoms with E-state index >= 15 is 0 Å². The average Bonchev–Trinajstić information content (AvgIpc) is 2.15. The Kier molecular flexibility index (Phi) is 5.59. The molecule has 0 aromatic rings. The number of hydrogen-bond donors (Lipinski definition) is 1. The summed E-state index contributed by atoms with van der Waals surface area (Å²) >= 11 is 0. The number of rotatable bonds is 5. The van der Waals surface area contributed by atoms with Gasteiger partial charge in [-0.25, -0.2) is 0 Å². The van der Waals surface area contributed by atoms with Crippen LogP contribution in [0.1, 0.15) is 27.2 Å². The predicted molar refractivity (Wildman–Crippen MR) is 56.2 cm³/mol. The van der Waals surface area contributed by atoms with Gasteiger partial charge in [-0.1, -0.05) is 6.92 Å². The van der Waals surface area contributed by atoms with E-state index in [1.54, 1.807) is 20.9 Å². The van der Waals surface area contributed by atoms with Crippen LogP contribution in [-0.4, -0.2) is 42.1 Å². The summed E-state index contributed by atoms with van der Waals surface area (Å²) in [5, 5.41) is 2.47. The highest BCUT2D eigenvalue weighted by Gasteiger charge is 2.19. The lowest BCUT2D eigenvalue weighted by molar-refractivity contribution is -0.137. The Labute approximate surface area is 89.8 Å². The molecule has 0 aliphatic heterocycles. The van der Waals surface area contributed by atoms with Crippen molar-refractivity contribution in [1.29, 1.82) is 0 Å². The van der Waals surface area contributed by atoms with Gasteiger partial charge in [-0.05, 0) is 6.92 Å². The van der Waals surface area contributed by atoms with Gasteiger partial charge in [-0.15, -0.1) is 0 Å². The largest absolute Gasteiger partial charge is 0.345 e. The molecule has 0 aromatic heterocycles. The Hall–Kier alpha value is -1.39. The molecular weight excluding hydrogens is 196 g/mol. The molecule has 0 fully saturated rings. The predicted octanol–water partition coefficient (Wildman–Crippen LogP) is -0.0515. The topological polar surface area (TPSA) is 66.5 Å². The minimum Gasteiger partial charge on any atom is -0.345 e. The molecule has 0 heterocycles. The van der Waals surface area contributed by atoms with Gasteiger partial charge in [0.2, 0.25) is 11.8 Å². The van der Waals surface area contributed by atoms with Crippen LogP contribution in [-0.2, 0) is 14.4 Å². The van der Waals surface area contributed by atoms with E-state index in [0.29, 0.717) is 6.42 Å². The maximum Gasteiger partial charge on any atom is 0.244 e. The Morgan fingerprint density at radius 1 is 1.33 bits per heavy atom. The standard InChI is InChI=1S/C10H18N2O3/c1-5-9(14)6-12(4)10(15)7(2)11-8(3)13/h7H,5-6H2,1-4H3,(H,11,13). The van der Waals surface area contributed by atoms with Gasteiger partial charge in [0, 0.05) is 20.4 Å². The quantitative estimate of drug-likeness (QED) is 0.697. The monoisotopic (exact) mass is 214 g/mol. The van der Waals surface area contributed by atoms with E-state index in [2.05, 4.69) is 5.32 Å². The van der Waals surface area contributed by atoms with Gasteiger partial charge in [-0.2, -0.15) is 0 Å². The van der Waals surface area contributed by atoms with E-state index in [-0.39, 0.29) is 24.1 Å². The van der Waals surface area contributed by atoms with Crippen molar-refractivity contribution in [2.45, 2.75) is 33.2 Å². The Balaban J connectivity index is 4.19. The highest BCUT2D eigenvalue weighted by Crippen LogP contribution is 1.94. The molecule has 1 N–H and O–H groups in total. The second-order valence-electron chi connectivity index (χ2n) is 3.51. The third-order valence-corrected chi connectivity index (χ3v) is 1.97. The van der Waals surface area contributed by atoms with Gasteiger partial charge in [0.15, 0.2) is 5.78 Å². The lowest BCUT2D eigenvalue weighted by atomic mass is 10.2. The van der Waals surface area contributed by atoms with E-state index < -0.39 is 6.04 Å². The second-order valence-corrected chi connectivity index (χ2v) is 3.51. The van der Waals surface area contributed by atoms with E-state index in [0.717, 1.165) is 0 Å². The fourth-order valence-electron chi connectivity index (χ4n) is 1.15. The second kappa shape index (κ2) is 6.16. The van der Waals surface area contributed by atoms with Crippen LogP contribution >= 0.6 is 0 Å². The molecule has 0 aliphatic carbocycles. The average molecular weight is 214 g/mol. The highest BCUT2D eigenvalue weighted by molar-refractivity contribution is 5.90. The lowest BCUT2D eigenvalue weighted by Gasteiger charge is -2.20. The van der Waals surface area contributed by atoms with Crippen molar-refractivity contribution in [1.82, 2.24) is 10.2 Å². The molecule has 5 heteroatoms. The van der Waals surface area contributed by atoms with Crippen LogP contribution in [0, 0.1) is 0 Å². The molecule has 1 atom stereocenters. The molecule has 15 heavy (non-hydrogen) atoms. The molecule has 0 saturated carbocycles. The van der Waals surface area contributed by atoms with Gasteiger partial charge in [-0.3, -0.25) is 14.4 Å². The molecule has 5 nitrogen and oxygen atoms in total. The Morgan fingerprint density at radius 2 is 1.87 bits per heavy atom. The van der Waals surface area contributed by atoms with E-state index in [9.17, 15) is 14.4 Å². The summed E-state index contributed by atoms with van der Waals surface area (Å²) < 4.78 is 0. The number of ketones is 1. The van der Waals surface area contributed by atoms with Gasteiger partial charge < -0.3 is 10.2 Å². The number of carbonyl (C=O) groups excluding carboxylic acids is 3. The maximum atomic E-state index is 11.6. The van der Waals surface area contributed by atoms with Crippen molar-refractivity contribution in [3.8, 4) is 0 Å². The normalized spacial score (nSPS) is 11.7. The third-order valence-electron chi connectivity index (χ3n) is 1.97. The van der Waals surface area contributed by atoms with Crippen LogP contribution in [0.4, 0.5) is 0 Å². The molecule has 2 amide bonds. The summed E-state index contributed by atoms with van der Waals surface area (Å²) in [6.07, 6.45) is 0.409. The van der Waals surface area contributed by atoms with Gasteiger partial charge in [0.25, 0.3) is 0 Å². The molecule has 0 rings (SSSR count). The molecule has 1 unspecified atom stereocenters. The smallest absolute Gasteiger partial charge is 0.244 e. The number of nitrogens with one attached hydrogen (secondary N) is 1. The van der Waals surface area contributed by atoms with Crippen molar-refractivity contribution in [2.24, 2.45) is 0 Å². The fraction of sp³-hybridized carbons (Fsp3) is 0.700. The number of likely N-dealkylation sites (N-methyl/N-ethyl adjacent to an activating group) is 1. The molecular formula is C10H18N2O3. The van der Waals surface area contributed by atoms with E-state index in [1.165, 1.54) is 11.8 Å². The molecule has 86 valence electrons. The number of carbonyl (C=O) groups is 3. The SMILES string of the molecule is CCC(=O)CN(C)C(=O)C(C)NC(C)=O. The first-order valence-corrected chi connectivity index (χ1v) is 4.92. The summed E-state index contributed by atoms with van der Waals surface area (Å²) in [5.74, 6) is -0.515. The van der Waals surface area contributed by atoms with Crippen molar-refractivity contribution in [2.75, 3.05) is 13.6 Å². The van der Waals surface area contributed by atoms with Gasteiger partial charge in [0.1, 0.15) is 6.04 Å². The fourth-order valence-corrected chi connectivity index (χ4v) is 1.15. The first-order valence-electron chi connectivity index (χ1n) is 4.92. The van der Waals surface area contributed by atoms with Crippen molar-refractivity contribution in [3.63, 3.8) is 0 Å². The van der Waals surface area contributed by atoms with Gasteiger partial charge >= 0.3 is 0 Å². The molecule has 0 aliphatic rings. The Bertz CT molecular complexity index is 263. The molecule has 0 bridgehead atoms. The van der Waals surface area contributed by atoms with Crippen molar-refractivity contribution in [3.05, 3.63) is 0 Å². The summed E-state index contributed by atoms with van der Waals surface area (Å²) in [4.78, 5) is 34.7. The first kappa shape index (κ1) is 13.6. The van der Waals surface area contributed by atoms with Crippen LogP contribution in [0.5, 0.6) is 0 Å². The molecule has 0 spiro atoms. The van der Waals surface area contributed by atoms with Crippen LogP contribution in [0.15, 0.2) is 0 Å². The molecule has 0 saturated heterocycles. The number of Topliss-reactive ketones (excluding diaryl/α,β-unsaturated/α-hetero) is 1. The number of nitrogens with zero attached hydrogens (tertiary/aromatic N) is 1. The van der Waals surface area contributed by atoms with E-state index in [4.69, 9.17) is 0 Å². The molecule has 0 radical (unpaired) electrons. The zero-order valence-electron chi connectivity index (χ0n) is 9.66. The minimum atomic E-state index is -0.586. The number of hydrogen-bond acceptors (Lipinski definition) is 3. The Morgan fingerprint density at radius 3 is 2.27 bits per heavy atom. The van der Waals surface area contributed by atoms with Crippen molar-refractivity contribution < 1.29 is 14.4 Å². The summed E-state index contributed by atoms with van der Waals surface area (Å²) in [6, 6.07) is -0.586. The van der Waals surface area contributed by atoms with Crippen LogP contribution in [0.3, 0.4) is 0 Å². The van der Waals surface area contributed by atoms with Crippen molar-refractivity contribution >= 4 is 17.6 Å².